The Kier molecular flexibility index (Phi) is 5.88. The minimum atomic E-state index is -2.85. The van der Waals surface area contributed by atoms with Gasteiger partial charge in [-0.3, -0.25) is 4.79 Å². The van der Waals surface area contributed by atoms with Crippen molar-refractivity contribution in [2.75, 3.05) is 13.6 Å². The Morgan fingerprint density at radius 2 is 2.00 bits per heavy atom. The van der Waals surface area contributed by atoms with Crippen LogP contribution < -0.4 is 15.4 Å². The van der Waals surface area contributed by atoms with Crippen molar-refractivity contribution in [1.82, 2.24) is 10.6 Å². The molecule has 0 spiro atoms. The first kappa shape index (κ1) is 16.4. The standard InChI is InChI=1S/C14H20F2N2O2/c1-14(2,12(19)17-3)9-18-8-10-6-4-5-7-11(10)20-13(15)16/h4-7,13,18H,8-9H2,1-3H3,(H,17,19). The van der Waals surface area contributed by atoms with E-state index in [1.165, 1.54) is 6.07 Å². The van der Waals surface area contributed by atoms with Crippen molar-refractivity contribution in [2.24, 2.45) is 5.41 Å². The molecule has 4 nitrogen and oxygen atoms in total. The first-order valence-electron chi connectivity index (χ1n) is 6.32. The molecule has 2 N–H and O–H groups in total. The SMILES string of the molecule is CNC(=O)C(C)(C)CNCc1ccccc1OC(F)F. The van der Waals surface area contributed by atoms with Gasteiger partial charge in [0.1, 0.15) is 5.75 Å². The van der Waals surface area contributed by atoms with E-state index in [0.29, 0.717) is 18.7 Å². The zero-order valence-electron chi connectivity index (χ0n) is 11.9. The quantitative estimate of drug-likeness (QED) is 0.807. The molecule has 112 valence electrons. The molecule has 0 radical (unpaired) electrons. The normalized spacial score (nSPS) is 11.5. The zero-order chi connectivity index (χ0) is 15.2. The summed E-state index contributed by atoms with van der Waals surface area (Å²) in [5.74, 6) is 0.0647. The van der Waals surface area contributed by atoms with Gasteiger partial charge in [0.15, 0.2) is 0 Å². The summed E-state index contributed by atoms with van der Waals surface area (Å²) < 4.78 is 29.0. The van der Waals surface area contributed by atoms with E-state index < -0.39 is 12.0 Å². The van der Waals surface area contributed by atoms with E-state index in [0.717, 1.165) is 0 Å². The van der Waals surface area contributed by atoms with Crippen LogP contribution in [0.1, 0.15) is 19.4 Å². The molecule has 0 aliphatic carbocycles. The number of carbonyl (C=O) groups is 1. The number of hydrogen-bond donors (Lipinski definition) is 2. The highest BCUT2D eigenvalue weighted by Gasteiger charge is 2.25. The third-order valence-electron chi connectivity index (χ3n) is 2.91. The third-order valence-corrected chi connectivity index (χ3v) is 2.91. The van der Waals surface area contributed by atoms with Gasteiger partial charge in [0.05, 0.1) is 5.41 Å². The van der Waals surface area contributed by atoms with E-state index in [-0.39, 0.29) is 11.7 Å². The van der Waals surface area contributed by atoms with Crippen LogP contribution in [0, 0.1) is 5.41 Å². The molecular formula is C14H20F2N2O2. The lowest BCUT2D eigenvalue weighted by Gasteiger charge is -2.23. The van der Waals surface area contributed by atoms with Gasteiger partial charge in [-0.05, 0) is 19.9 Å². The Bertz CT molecular complexity index is 451. The van der Waals surface area contributed by atoms with Crippen LogP contribution in [0.5, 0.6) is 5.75 Å². The number of carbonyl (C=O) groups excluding carboxylic acids is 1. The topological polar surface area (TPSA) is 50.4 Å². The average molecular weight is 286 g/mol. The number of ether oxygens (including phenoxy) is 1. The molecule has 0 aliphatic heterocycles. The number of rotatable bonds is 7. The molecule has 20 heavy (non-hydrogen) atoms. The Morgan fingerprint density at radius 3 is 2.60 bits per heavy atom. The monoisotopic (exact) mass is 286 g/mol. The second kappa shape index (κ2) is 7.19. The van der Waals surface area contributed by atoms with E-state index in [9.17, 15) is 13.6 Å². The van der Waals surface area contributed by atoms with E-state index in [1.807, 2.05) is 0 Å². The molecule has 0 saturated carbocycles. The first-order valence-corrected chi connectivity index (χ1v) is 6.32. The molecule has 0 fully saturated rings. The van der Waals surface area contributed by atoms with Gasteiger partial charge in [-0.25, -0.2) is 0 Å². The Morgan fingerprint density at radius 1 is 1.35 bits per heavy atom. The summed E-state index contributed by atoms with van der Waals surface area (Å²) >= 11 is 0. The van der Waals surface area contributed by atoms with Crippen LogP contribution in [-0.2, 0) is 11.3 Å². The molecule has 1 aromatic carbocycles. The average Bonchev–Trinajstić information content (AvgIpc) is 2.39. The van der Waals surface area contributed by atoms with Crippen LogP contribution in [0.4, 0.5) is 8.78 Å². The minimum absolute atomic E-state index is 0.0814. The Balaban J connectivity index is 2.60. The molecule has 0 aliphatic rings. The van der Waals surface area contributed by atoms with Crippen molar-refractivity contribution in [3.05, 3.63) is 29.8 Å². The molecule has 1 aromatic rings. The summed E-state index contributed by atoms with van der Waals surface area (Å²) in [5, 5.41) is 5.67. The predicted molar refractivity (Wildman–Crippen MR) is 72.6 cm³/mol. The molecule has 6 heteroatoms. The van der Waals surface area contributed by atoms with Gasteiger partial charge >= 0.3 is 6.61 Å². The number of amides is 1. The molecule has 0 bridgehead atoms. The smallest absolute Gasteiger partial charge is 0.387 e. The van der Waals surface area contributed by atoms with Gasteiger partial charge in [0.2, 0.25) is 5.91 Å². The predicted octanol–water partition coefficient (Wildman–Crippen LogP) is 2.15. The highest BCUT2D eigenvalue weighted by Crippen LogP contribution is 2.20. The van der Waals surface area contributed by atoms with Crippen LogP contribution in [0.25, 0.3) is 0 Å². The summed E-state index contributed by atoms with van der Waals surface area (Å²) in [5.41, 5.74) is 0.0493. The maximum Gasteiger partial charge on any atom is 0.387 e. The first-order chi connectivity index (χ1) is 9.36. The molecule has 1 rings (SSSR count). The highest BCUT2D eigenvalue weighted by atomic mass is 19.3. The van der Waals surface area contributed by atoms with Crippen LogP contribution in [0.15, 0.2) is 24.3 Å². The van der Waals surface area contributed by atoms with Gasteiger partial charge in [-0.15, -0.1) is 0 Å². The number of benzene rings is 1. The lowest BCUT2D eigenvalue weighted by atomic mass is 9.92. The van der Waals surface area contributed by atoms with Crippen LogP contribution >= 0.6 is 0 Å². The van der Waals surface area contributed by atoms with Crippen molar-refractivity contribution in [2.45, 2.75) is 27.0 Å². The van der Waals surface area contributed by atoms with Crippen molar-refractivity contribution in [3.8, 4) is 5.75 Å². The number of alkyl halides is 2. The largest absolute Gasteiger partial charge is 0.434 e. The van der Waals surface area contributed by atoms with E-state index in [2.05, 4.69) is 15.4 Å². The fourth-order valence-electron chi connectivity index (χ4n) is 1.79. The van der Waals surface area contributed by atoms with Crippen molar-refractivity contribution in [1.29, 1.82) is 0 Å². The fourth-order valence-corrected chi connectivity index (χ4v) is 1.79. The minimum Gasteiger partial charge on any atom is -0.434 e. The summed E-state index contributed by atoms with van der Waals surface area (Å²) in [7, 11) is 1.58. The van der Waals surface area contributed by atoms with Crippen LogP contribution in [-0.4, -0.2) is 26.1 Å². The van der Waals surface area contributed by atoms with Crippen LogP contribution in [0.3, 0.4) is 0 Å². The summed E-state index contributed by atoms with van der Waals surface area (Å²) in [6, 6.07) is 6.58. The lowest BCUT2D eigenvalue weighted by Crippen LogP contribution is -2.41. The Hall–Kier alpha value is -1.69. The third kappa shape index (κ3) is 4.77. The molecule has 1 amide bonds. The van der Waals surface area contributed by atoms with Crippen molar-refractivity contribution in [3.63, 3.8) is 0 Å². The highest BCUT2D eigenvalue weighted by molar-refractivity contribution is 5.81. The van der Waals surface area contributed by atoms with Crippen molar-refractivity contribution < 1.29 is 18.3 Å². The van der Waals surface area contributed by atoms with E-state index >= 15 is 0 Å². The number of hydrogen-bond acceptors (Lipinski definition) is 3. The zero-order valence-corrected chi connectivity index (χ0v) is 11.9. The molecule has 0 atom stereocenters. The lowest BCUT2D eigenvalue weighted by molar-refractivity contribution is -0.128. The Labute approximate surface area is 117 Å². The van der Waals surface area contributed by atoms with Gasteiger partial charge < -0.3 is 15.4 Å². The summed E-state index contributed by atoms with van der Waals surface area (Å²) in [6.07, 6.45) is 0. The molecule has 0 saturated heterocycles. The second-order valence-electron chi connectivity index (χ2n) is 5.05. The molecule has 0 heterocycles. The summed E-state index contributed by atoms with van der Waals surface area (Å²) in [6.45, 7) is 1.54. The van der Waals surface area contributed by atoms with Crippen molar-refractivity contribution >= 4 is 5.91 Å². The van der Waals surface area contributed by atoms with Gasteiger partial charge in [-0.2, -0.15) is 8.78 Å². The van der Waals surface area contributed by atoms with E-state index in [4.69, 9.17) is 0 Å². The molecular weight excluding hydrogens is 266 g/mol. The second-order valence-corrected chi connectivity index (χ2v) is 5.05. The number of nitrogens with one attached hydrogen (secondary N) is 2. The van der Waals surface area contributed by atoms with Gasteiger partial charge in [-0.1, -0.05) is 18.2 Å². The molecule has 0 aromatic heterocycles. The number of halogens is 2. The van der Waals surface area contributed by atoms with Gasteiger partial charge in [0.25, 0.3) is 0 Å². The maximum atomic E-state index is 12.3. The fraction of sp³-hybridized carbons (Fsp3) is 0.500. The maximum absolute atomic E-state index is 12.3. The van der Waals surface area contributed by atoms with Crippen LogP contribution in [0.2, 0.25) is 0 Å². The number of para-hydroxylation sites is 1. The molecule has 0 unspecified atom stereocenters. The summed E-state index contributed by atoms with van der Waals surface area (Å²) in [4.78, 5) is 11.6. The van der Waals surface area contributed by atoms with E-state index in [1.54, 1.807) is 39.1 Å². The van der Waals surface area contributed by atoms with Gasteiger partial charge in [0, 0.05) is 25.7 Å².